The Morgan fingerprint density at radius 1 is 1.59 bits per heavy atom. The number of nitrogens with zero attached hydrogens (tertiary/aromatic N) is 2. The number of carbonyl (C=O) groups excluding carboxylic acids is 1. The lowest BCUT2D eigenvalue weighted by atomic mass is 10.4. The van der Waals surface area contributed by atoms with Crippen LogP contribution in [0.3, 0.4) is 0 Å². The van der Waals surface area contributed by atoms with Crippen molar-refractivity contribution in [2.75, 3.05) is 6.54 Å². The van der Waals surface area contributed by atoms with Gasteiger partial charge in [0.05, 0.1) is 0 Å². The Bertz CT molecular complexity index is 401. The first-order chi connectivity index (χ1) is 7.84. The Kier molecular flexibility index (Phi) is 3.97. The van der Waals surface area contributed by atoms with Crippen molar-refractivity contribution in [1.82, 2.24) is 15.1 Å². The smallest absolute Gasteiger partial charge is 0.390 e. The standard InChI is InChI=1S/C9H12F3N3O2/c1-3-4-13-8(16)17-7-5-6(9(10,11)12)15(2)14-7/h5H,3-4H2,1-2H3,(H,13,16). The number of nitrogens with one attached hydrogen (secondary N) is 1. The summed E-state index contributed by atoms with van der Waals surface area (Å²) in [6.45, 7) is 2.22. The van der Waals surface area contributed by atoms with Gasteiger partial charge in [0.1, 0.15) is 5.69 Å². The number of carbonyl (C=O) groups is 1. The van der Waals surface area contributed by atoms with Crippen molar-refractivity contribution in [3.05, 3.63) is 11.8 Å². The third-order valence-corrected chi connectivity index (χ3v) is 1.86. The fourth-order valence-corrected chi connectivity index (χ4v) is 1.11. The predicted octanol–water partition coefficient (Wildman–Crippen LogP) is 1.94. The first-order valence-corrected chi connectivity index (χ1v) is 4.91. The zero-order chi connectivity index (χ0) is 13.1. The van der Waals surface area contributed by atoms with Gasteiger partial charge in [0.2, 0.25) is 5.88 Å². The van der Waals surface area contributed by atoms with Crippen LogP contribution in [0.5, 0.6) is 5.88 Å². The highest BCUT2D eigenvalue weighted by molar-refractivity contribution is 5.69. The van der Waals surface area contributed by atoms with E-state index >= 15 is 0 Å². The first-order valence-electron chi connectivity index (χ1n) is 4.91. The molecule has 0 aliphatic rings. The summed E-state index contributed by atoms with van der Waals surface area (Å²) < 4.78 is 42.4. The van der Waals surface area contributed by atoms with Gasteiger partial charge in [0.15, 0.2) is 0 Å². The molecule has 1 N–H and O–H groups in total. The summed E-state index contributed by atoms with van der Waals surface area (Å²) in [5.74, 6) is -0.381. The second kappa shape index (κ2) is 5.07. The van der Waals surface area contributed by atoms with E-state index in [9.17, 15) is 18.0 Å². The maximum Gasteiger partial charge on any atom is 0.433 e. The lowest BCUT2D eigenvalue weighted by Gasteiger charge is -2.04. The first kappa shape index (κ1) is 13.3. The van der Waals surface area contributed by atoms with E-state index in [0.717, 1.165) is 7.05 Å². The summed E-state index contributed by atoms with van der Waals surface area (Å²) >= 11 is 0. The molecule has 1 aromatic rings. The molecule has 1 aromatic heterocycles. The Morgan fingerprint density at radius 2 is 2.24 bits per heavy atom. The Morgan fingerprint density at radius 3 is 2.71 bits per heavy atom. The molecule has 8 heteroatoms. The number of alkyl halides is 3. The van der Waals surface area contributed by atoms with Crippen molar-refractivity contribution in [3.8, 4) is 5.88 Å². The van der Waals surface area contributed by atoms with Gasteiger partial charge in [-0.25, -0.2) is 4.79 Å². The summed E-state index contributed by atoms with van der Waals surface area (Å²) in [6.07, 6.45) is -4.65. The van der Waals surface area contributed by atoms with Gasteiger partial charge >= 0.3 is 12.3 Å². The molecule has 0 unspecified atom stereocenters. The lowest BCUT2D eigenvalue weighted by molar-refractivity contribution is -0.143. The van der Waals surface area contributed by atoms with Gasteiger partial charge < -0.3 is 10.1 Å². The van der Waals surface area contributed by atoms with Gasteiger partial charge in [-0.2, -0.15) is 13.2 Å². The summed E-state index contributed by atoms with van der Waals surface area (Å²) in [6, 6.07) is 0.672. The maximum atomic E-state index is 12.4. The third-order valence-electron chi connectivity index (χ3n) is 1.86. The number of aryl methyl sites for hydroxylation is 1. The number of hydrogen-bond donors (Lipinski definition) is 1. The molecule has 0 radical (unpaired) electrons. The minimum Gasteiger partial charge on any atom is -0.390 e. The molecule has 0 aromatic carbocycles. The largest absolute Gasteiger partial charge is 0.433 e. The molecule has 1 amide bonds. The van der Waals surface area contributed by atoms with Crippen molar-refractivity contribution in [2.45, 2.75) is 19.5 Å². The van der Waals surface area contributed by atoms with Crippen molar-refractivity contribution in [3.63, 3.8) is 0 Å². The highest BCUT2D eigenvalue weighted by atomic mass is 19.4. The molecule has 0 spiro atoms. The molecule has 0 aliphatic heterocycles. The zero-order valence-electron chi connectivity index (χ0n) is 9.34. The summed E-state index contributed by atoms with van der Waals surface area (Å²) in [5, 5.41) is 5.80. The Labute approximate surface area is 95.5 Å². The lowest BCUT2D eigenvalue weighted by Crippen LogP contribution is -2.27. The summed E-state index contributed by atoms with van der Waals surface area (Å²) in [7, 11) is 1.12. The molecule has 0 fully saturated rings. The van der Waals surface area contributed by atoms with Gasteiger partial charge in [-0.15, -0.1) is 5.10 Å². The second-order valence-electron chi connectivity index (χ2n) is 3.31. The van der Waals surface area contributed by atoms with Gasteiger partial charge in [-0.1, -0.05) is 6.92 Å². The Balaban J connectivity index is 2.71. The van der Waals surface area contributed by atoms with Gasteiger partial charge in [-0.3, -0.25) is 4.68 Å². The van der Waals surface area contributed by atoms with Crippen LogP contribution in [0.15, 0.2) is 6.07 Å². The normalized spacial score (nSPS) is 11.4. The van der Waals surface area contributed by atoms with Gasteiger partial charge in [-0.05, 0) is 6.42 Å². The van der Waals surface area contributed by atoms with E-state index < -0.39 is 18.0 Å². The van der Waals surface area contributed by atoms with Gasteiger partial charge in [0.25, 0.3) is 0 Å². The van der Waals surface area contributed by atoms with Crippen LogP contribution in [0.2, 0.25) is 0 Å². The predicted molar refractivity (Wildman–Crippen MR) is 52.5 cm³/mol. The molecule has 0 saturated carbocycles. The number of halogens is 3. The fraction of sp³-hybridized carbons (Fsp3) is 0.556. The summed E-state index contributed by atoms with van der Waals surface area (Å²) in [4.78, 5) is 11.1. The van der Waals surface area contributed by atoms with Crippen molar-refractivity contribution < 1.29 is 22.7 Å². The molecule has 1 rings (SSSR count). The van der Waals surface area contributed by atoms with E-state index in [1.807, 2.05) is 6.92 Å². The minimum absolute atomic E-state index is 0.381. The van der Waals surface area contributed by atoms with Crippen LogP contribution in [-0.4, -0.2) is 22.4 Å². The molecule has 1 heterocycles. The molecule has 5 nitrogen and oxygen atoms in total. The topological polar surface area (TPSA) is 56.1 Å². The van der Waals surface area contributed by atoms with E-state index in [1.165, 1.54) is 0 Å². The summed E-state index contributed by atoms with van der Waals surface area (Å²) in [5.41, 5.74) is -0.976. The molecule has 0 bridgehead atoms. The van der Waals surface area contributed by atoms with E-state index in [-0.39, 0.29) is 5.88 Å². The molecule has 0 saturated heterocycles. The van der Waals surface area contributed by atoms with Crippen LogP contribution in [0.1, 0.15) is 19.0 Å². The molecular weight excluding hydrogens is 239 g/mol. The van der Waals surface area contributed by atoms with E-state index in [0.29, 0.717) is 23.7 Å². The van der Waals surface area contributed by atoms with Crippen LogP contribution in [-0.2, 0) is 13.2 Å². The zero-order valence-corrected chi connectivity index (χ0v) is 9.34. The second-order valence-corrected chi connectivity index (χ2v) is 3.31. The van der Waals surface area contributed by atoms with E-state index in [1.54, 1.807) is 0 Å². The highest BCUT2D eigenvalue weighted by Crippen LogP contribution is 2.30. The molecule has 0 atom stereocenters. The Hall–Kier alpha value is -1.73. The third kappa shape index (κ3) is 3.65. The fourth-order valence-electron chi connectivity index (χ4n) is 1.11. The van der Waals surface area contributed by atoms with Crippen LogP contribution in [0, 0.1) is 0 Å². The van der Waals surface area contributed by atoms with Crippen molar-refractivity contribution >= 4 is 6.09 Å². The van der Waals surface area contributed by atoms with Crippen molar-refractivity contribution in [2.24, 2.45) is 7.05 Å². The van der Waals surface area contributed by atoms with Crippen LogP contribution >= 0.6 is 0 Å². The molecular formula is C9H12F3N3O2. The molecule has 17 heavy (non-hydrogen) atoms. The van der Waals surface area contributed by atoms with Crippen LogP contribution < -0.4 is 10.1 Å². The average molecular weight is 251 g/mol. The number of aromatic nitrogens is 2. The van der Waals surface area contributed by atoms with Crippen LogP contribution in [0.25, 0.3) is 0 Å². The minimum atomic E-state index is -4.52. The SMILES string of the molecule is CCCNC(=O)Oc1cc(C(F)(F)F)n(C)n1. The quantitative estimate of drug-likeness (QED) is 0.893. The highest BCUT2D eigenvalue weighted by Gasteiger charge is 2.35. The van der Waals surface area contributed by atoms with Crippen molar-refractivity contribution in [1.29, 1.82) is 0 Å². The average Bonchev–Trinajstić information content (AvgIpc) is 2.56. The molecule has 0 aliphatic carbocycles. The number of amides is 1. The number of ether oxygens (including phenoxy) is 1. The maximum absolute atomic E-state index is 12.4. The number of rotatable bonds is 3. The van der Waals surface area contributed by atoms with Gasteiger partial charge in [0, 0.05) is 19.7 Å². The number of hydrogen-bond acceptors (Lipinski definition) is 3. The van der Waals surface area contributed by atoms with E-state index in [2.05, 4.69) is 15.2 Å². The van der Waals surface area contributed by atoms with E-state index in [4.69, 9.17) is 0 Å². The monoisotopic (exact) mass is 251 g/mol. The van der Waals surface area contributed by atoms with Crippen LogP contribution in [0.4, 0.5) is 18.0 Å². The molecule has 96 valence electrons.